The number of carbonyl (C=O) groups excluding carboxylic acids is 1. The van der Waals surface area contributed by atoms with Crippen molar-refractivity contribution in [3.8, 4) is 0 Å². The van der Waals surface area contributed by atoms with E-state index in [0.29, 0.717) is 24.5 Å². The zero-order chi connectivity index (χ0) is 24.7. The largest absolute Gasteiger partial charge is 0.340 e. The van der Waals surface area contributed by atoms with Gasteiger partial charge in [0.2, 0.25) is 12.1 Å². The number of nitrogens with zero attached hydrogens (tertiary/aromatic N) is 4. The summed E-state index contributed by atoms with van der Waals surface area (Å²) in [4.78, 5) is 17.3. The highest BCUT2D eigenvalue weighted by Crippen LogP contribution is 2.41. The van der Waals surface area contributed by atoms with Gasteiger partial charge >= 0.3 is 0 Å². The van der Waals surface area contributed by atoms with Crippen LogP contribution in [-0.4, -0.2) is 47.1 Å². The van der Waals surface area contributed by atoms with Crippen LogP contribution >= 0.6 is 43.5 Å². The van der Waals surface area contributed by atoms with Gasteiger partial charge in [-0.25, -0.2) is 4.57 Å². The van der Waals surface area contributed by atoms with Crippen molar-refractivity contribution in [2.45, 2.75) is 25.3 Å². The zero-order valence-electron chi connectivity index (χ0n) is 19.4. The molecule has 9 heteroatoms. The topological polar surface area (TPSA) is 51.5 Å². The fraction of sp³-hybridized carbons (Fsp3) is 0.346. The number of piperazine rings is 1. The first-order valence-corrected chi connectivity index (χ1v) is 13.6. The van der Waals surface area contributed by atoms with Crippen molar-refractivity contribution in [1.82, 2.24) is 9.80 Å². The van der Waals surface area contributed by atoms with Crippen LogP contribution in [0.5, 0.6) is 0 Å². The molecule has 1 amide bonds. The Bertz CT molecular complexity index is 1280. The maximum Gasteiger partial charge on any atom is 0.258 e. The predicted molar refractivity (Wildman–Crippen MR) is 139 cm³/mol. The first-order chi connectivity index (χ1) is 16.8. The molecule has 1 fully saturated rings. The number of rotatable bonds is 3. The standard InChI is InChI=1S/C26H27Br2ClN4O2/c1-30-8-6-17(7-9-30)14-23(34)31-10-12-32(13-11-31)26-21-4-5-22(29)24(28)20(21)3-2-18-15-19(27)16-33(35)25(18)26/h4-9,15-16,26,35H,2-3,10-14H2,1H3/q+2/t26-/m1/s1. The molecule has 5 rings (SSSR count). The number of carbonyl (C=O) groups is 1. The molecular formula is C26H27Br2ClN4O2+2. The van der Waals surface area contributed by atoms with Crippen LogP contribution in [0.25, 0.3) is 0 Å². The molecule has 2 aliphatic rings. The molecule has 3 heterocycles. The molecule has 0 bridgehead atoms. The van der Waals surface area contributed by atoms with Gasteiger partial charge in [0.1, 0.15) is 13.1 Å². The van der Waals surface area contributed by atoms with Crippen LogP contribution in [0.1, 0.15) is 34.0 Å². The van der Waals surface area contributed by atoms with Crippen LogP contribution < -0.4 is 9.30 Å². The summed E-state index contributed by atoms with van der Waals surface area (Å²) in [5.41, 5.74) is 5.31. The number of pyridine rings is 2. The highest BCUT2D eigenvalue weighted by molar-refractivity contribution is 9.10. The van der Waals surface area contributed by atoms with Crippen LogP contribution in [-0.2, 0) is 31.1 Å². The Morgan fingerprint density at radius 2 is 1.83 bits per heavy atom. The highest BCUT2D eigenvalue weighted by atomic mass is 79.9. The second kappa shape index (κ2) is 10.2. The minimum atomic E-state index is -0.138. The molecule has 1 aliphatic carbocycles. The van der Waals surface area contributed by atoms with Crippen molar-refractivity contribution >= 4 is 49.4 Å². The zero-order valence-corrected chi connectivity index (χ0v) is 23.4. The second-order valence-corrected chi connectivity index (χ2v) is 11.3. The summed E-state index contributed by atoms with van der Waals surface area (Å²) in [5.74, 6) is 0.149. The molecule has 1 aliphatic heterocycles. The summed E-state index contributed by atoms with van der Waals surface area (Å²) in [5, 5.41) is 11.7. The maximum atomic E-state index is 13.0. The number of halogens is 3. The van der Waals surface area contributed by atoms with Crippen LogP contribution in [0, 0.1) is 0 Å². The van der Waals surface area contributed by atoms with Crippen molar-refractivity contribution in [1.29, 1.82) is 0 Å². The normalized spacial score (nSPS) is 18.1. The summed E-state index contributed by atoms with van der Waals surface area (Å²) in [6.07, 6.45) is 7.66. The fourth-order valence-corrected chi connectivity index (χ4v) is 6.38. The molecule has 35 heavy (non-hydrogen) atoms. The second-order valence-electron chi connectivity index (χ2n) is 9.21. The number of hydrogen-bond donors (Lipinski definition) is 1. The molecule has 0 unspecified atom stereocenters. The predicted octanol–water partition coefficient (Wildman–Crippen LogP) is 3.79. The van der Waals surface area contributed by atoms with Gasteiger partial charge in [0, 0.05) is 53.1 Å². The number of amides is 1. The fourth-order valence-electron chi connectivity index (χ4n) is 5.17. The van der Waals surface area contributed by atoms with E-state index in [0.717, 1.165) is 57.3 Å². The van der Waals surface area contributed by atoms with E-state index < -0.39 is 0 Å². The van der Waals surface area contributed by atoms with Crippen molar-refractivity contribution in [3.05, 3.63) is 90.8 Å². The van der Waals surface area contributed by atoms with Crippen molar-refractivity contribution in [2.75, 3.05) is 26.2 Å². The van der Waals surface area contributed by atoms with Crippen molar-refractivity contribution in [3.63, 3.8) is 0 Å². The van der Waals surface area contributed by atoms with Crippen LogP contribution in [0.2, 0.25) is 5.02 Å². The Morgan fingerprint density at radius 1 is 1.11 bits per heavy atom. The van der Waals surface area contributed by atoms with E-state index in [2.05, 4.69) is 48.9 Å². The minimum absolute atomic E-state index is 0.138. The third-order valence-electron chi connectivity index (χ3n) is 7.00. The van der Waals surface area contributed by atoms with Crippen LogP contribution in [0.3, 0.4) is 0 Å². The summed E-state index contributed by atoms with van der Waals surface area (Å²) < 4.78 is 4.98. The first kappa shape index (κ1) is 24.7. The first-order valence-electron chi connectivity index (χ1n) is 11.7. The van der Waals surface area contributed by atoms with Gasteiger partial charge in [-0.1, -0.05) is 17.7 Å². The molecule has 0 saturated carbocycles. The van der Waals surface area contributed by atoms with E-state index in [1.807, 2.05) is 47.1 Å². The SMILES string of the molecule is C[n+]1ccc(CC(=O)N2CCN([C@@H]3c4ccc(Cl)c(Br)c4CCc4cc(Br)c[n+](O)c43)CC2)cc1. The van der Waals surface area contributed by atoms with Crippen molar-refractivity contribution < 1.29 is 19.3 Å². The molecule has 2 aromatic heterocycles. The minimum Gasteiger partial charge on any atom is -0.340 e. The van der Waals surface area contributed by atoms with Crippen LogP contribution in [0.15, 0.2) is 57.9 Å². The van der Waals surface area contributed by atoms with Gasteiger partial charge in [-0.2, -0.15) is 0 Å². The molecule has 0 radical (unpaired) electrons. The summed E-state index contributed by atoms with van der Waals surface area (Å²) >= 11 is 13.7. The Hall–Kier alpha value is -2.00. The maximum absolute atomic E-state index is 13.0. The van der Waals surface area contributed by atoms with E-state index in [4.69, 9.17) is 11.6 Å². The lowest BCUT2D eigenvalue weighted by molar-refractivity contribution is -0.911. The molecule has 182 valence electrons. The smallest absolute Gasteiger partial charge is 0.258 e. The van der Waals surface area contributed by atoms with Gasteiger partial charge in [-0.05, 0) is 73.5 Å². The van der Waals surface area contributed by atoms with Gasteiger partial charge in [0.05, 0.1) is 15.9 Å². The number of aryl methyl sites for hydroxylation is 2. The third kappa shape index (κ3) is 4.99. The van der Waals surface area contributed by atoms with Gasteiger partial charge < -0.3 is 4.90 Å². The average molecular weight is 623 g/mol. The van der Waals surface area contributed by atoms with E-state index in [-0.39, 0.29) is 11.9 Å². The van der Waals surface area contributed by atoms with Gasteiger partial charge in [-0.15, -0.1) is 0 Å². The lowest BCUT2D eigenvalue weighted by Crippen LogP contribution is -2.52. The molecule has 0 spiro atoms. The number of hydrogen-bond acceptors (Lipinski definition) is 3. The van der Waals surface area contributed by atoms with Gasteiger partial charge in [-0.3, -0.25) is 14.9 Å². The molecular weight excluding hydrogens is 596 g/mol. The van der Waals surface area contributed by atoms with E-state index in [1.54, 1.807) is 6.20 Å². The Kier molecular flexibility index (Phi) is 7.17. The van der Waals surface area contributed by atoms with E-state index in [9.17, 15) is 10.0 Å². The molecule has 1 N–H and O–H groups in total. The Balaban J connectivity index is 1.42. The highest BCUT2D eigenvalue weighted by Gasteiger charge is 2.39. The molecule has 1 atom stereocenters. The molecule has 3 aromatic rings. The quantitative estimate of drug-likeness (QED) is 0.358. The van der Waals surface area contributed by atoms with Crippen LogP contribution in [0.4, 0.5) is 0 Å². The van der Waals surface area contributed by atoms with E-state index >= 15 is 0 Å². The number of benzene rings is 1. The Labute approximate surface area is 227 Å². The monoisotopic (exact) mass is 620 g/mol. The number of fused-ring (bicyclic) bond motifs is 2. The summed E-state index contributed by atoms with van der Waals surface area (Å²) in [7, 11) is 1.97. The third-order valence-corrected chi connectivity index (χ3v) is 8.88. The van der Waals surface area contributed by atoms with Crippen molar-refractivity contribution in [2.24, 2.45) is 7.05 Å². The lowest BCUT2D eigenvalue weighted by Gasteiger charge is -2.38. The van der Waals surface area contributed by atoms with Gasteiger partial charge in [0.25, 0.3) is 5.69 Å². The van der Waals surface area contributed by atoms with E-state index in [1.165, 1.54) is 10.3 Å². The molecule has 6 nitrogen and oxygen atoms in total. The van der Waals surface area contributed by atoms with Gasteiger partial charge in [0.15, 0.2) is 12.4 Å². The average Bonchev–Trinajstić information content (AvgIpc) is 3.00. The Morgan fingerprint density at radius 3 is 2.54 bits per heavy atom. The lowest BCUT2D eigenvalue weighted by atomic mass is 9.96. The summed E-state index contributed by atoms with van der Waals surface area (Å²) in [6.45, 7) is 2.74. The number of aromatic nitrogens is 2. The summed E-state index contributed by atoms with van der Waals surface area (Å²) in [6, 6.07) is 9.94. The molecule has 1 aromatic carbocycles. The molecule has 1 saturated heterocycles.